The normalized spacial score (nSPS) is 10.5. The van der Waals surface area contributed by atoms with Crippen LogP contribution < -0.4 is 10.5 Å². The van der Waals surface area contributed by atoms with Crippen molar-refractivity contribution in [1.29, 1.82) is 0 Å². The van der Waals surface area contributed by atoms with E-state index in [0.717, 1.165) is 0 Å². The third-order valence-electron chi connectivity index (χ3n) is 1.27. The minimum Gasteiger partial charge on any atom is -0.434 e. The first-order chi connectivity index (χ1) is 6.00. The van der Waals surface area contributed by atoms with Crippen LogP contribution in [0.25, 0.3) is 0 Å². The molecular weight excluding hydrogens is 267 g/mol. The van der Waals surface area contributed by atoms with Gasteiger partial charge in [-0.15, -0.1) is 0 Å². The number of anilines is 1. The van der Waals surface area contributed by atoms with Gasteiger partial charge in [0.2, 0.25) is 0 Å². The van der Waals surface area contributed by atoms with Crippen molar-refractivity contribution in [2.75, 3.05) is 5.73 Å². The van der Waals surface area contributed by atoms with Crippen LogP contribution in [-0.2, 0) is 0 Å². The first-order valence-corrected chi connectivity index (χ1v) is 4.37. The Hall–Kier alpha value is -0.550. The zero-order valence-corrected chi connectivity index (χ0v) is 8.57. The molecule has 0 aliphatic carbocycles. The van der Waals surface area contributed by atoms with Gasteiger partial charge in [-0.1, -0.05) is 11.6 Å². The summed E-state index contributed by atoms with van der Waals surface area (Å²) in [7, 11) is 0. The number of hydrogen-bond donors (Lipinski definition) is 1. The fraction of sp³-hybridized carbons (Fsp3) is 0.143. The third kappa shape index (κ3) is 2.70. The fourth-order valence-electron chi connectivity index (χ4n) is 0.730. The molecule has 0 aliphatic rings. The van der Waals surface area contributed by atoms with Crippen molar-refractivity contribution in [3.8, 4) is 5.75 Å². The number of nitrogen functional groups attached to an aromatic ring is 1. The van der Waals surface area contributed by atoms with Crippen LogP contribution in [0, 0.1) is 0 Å². The van der Waals surface area contributed by atoms with Gasteiger partial charge in [-0.2, -0.15) is 8.78 Å². The van der Waals surface area contributed by atoms with Gasteiger partial charge >= 0.3 is 6.61 Å². The Morgan fingerprint density at radius 1 is 1.46 bits per heavy atom. The number of hydrogen-bond acceptors (Lipinski definition) is 2. The second kappa shape index (κ2) is 4.11. The molecule has 0 radical (unpaired) electrons. The quantitative estimate of drug-likeness (QED) is 0.839. The maximum atomic E-state index is 11.8. The lowest BCUT2D eigenvalue weighted by molar-refractivity contribution is -0.0503. The van der Waals surface area contributed by atoms with E-state index in [1.54, 1.807) is 0 Å². The smallest absolute Gasteiger partial charge is 0.387 e. The molecule has 6 heteroatoms. The summed E-state index contributed by atoms with van der Waals surface area (Å²) in [6.45, 7) is -2.88. The molecule has 1 aromatic rings. The van der Waals surface area contributed by atoms with Crippen LogP contribution in [0.15, 0.2) is 16.6 Å². The molecule has 0 saturated carbocycles. The summed E-state index contributed by atoms with van der Waals surface area (Å²) >= 11 is 8.61. The largest absolute Gasteiger partial charge is 0.434 e. The zero-order chi connectivity index (χ0) is 10.0. The van der Waals surface area contributed by atoms with E-state index in [1.165, 1.54) is 12.1 Å². The second-order valence-corrected chi connectivity index (χ2v) is 3.44. The molecule has 0 atom stereocenters. The average molecular weight is 272 g/mol. The molecule has 2 N–H and O–H groups in total. The van der Waals surface area contributed by atoms with Gasteiger partial charge in [0, 0.05) is 6.07 Å². The Kier molecular flexibility index (Phi) is 3.33. The Bertz CT molecular complexity index is 322. The molecule has 0 bridgehead atoms. The van der Waals surface area contributed by atoms with E-state index in [4.69, 9.17) is 17.3 Å². The Balaban J connectivity index is 3.01. The van der Waals surface area contributed by atoms with Crippen molar-refractivity contribution >= 4 is 33.2 Å². The Labute approximate surface area is 86.8 Å². The molecule has 1 rings (SSSR count). The van der Waals surface area contributed by atoms with Crippen molar-refractivity contribution in [2.24, 2.45) is 0 Å². The maximum absolute atomic E-state index is 11.8. The van der Waals surface area contributed by atoms with Gasteiger partial charge in [0.05, 0.1) is 15.2 Å². The van der Waals surface area contributed by atoms with Gasteiger partial charge in [0.15, 0.2) is 0 Å². The average Bonchev–Trinajstić information content (AvgIpc) is 1.99. The van der Waals surface area contributed by atoms with Crippen molar-refractivity contribution in [1.82, 2.24) is 0 Å². The molecular formula is C7H5BrClF2NO. The molecule has 13 heavy (non-hydrogen) atoms. The highest BCUT2D eigenvalue weighted by molar-refractivity contribution is 9.10. The van der Waals surface area contributed by atoms with Crippen molar-refractivity contribution in [3.63, 3.8) is 0 Å². The minimum atomic E-state index is -2.88. The molecule has 1 aromatic carbocycles. The van der Waals surface area contributed by atoms with Crippen LogP contribution in [0.4, 0.5) is 14.5 Å². The lowest BCUT2D eigenvalue weighted by Crippen LogP contribution is -2.02. The molecule has 0 heterocycles. The fourth-order valence-corrected chi connectivity index (χ4v) is 1.34. The van der Waals surface area contributed by atoms with Gasteiger partial charge in [0.25, 0.3) is 0 Å². The van der Waals surface area contributed by atoms with E-state index in [2.05, 4.69) is 20.7 Å². The maximum Gasteiger partial charge on any atom is 0.387 e. The number of benzene rings is 1. The summed E-state index contributed by atoms with van der Waals surface area (Å²) in [5, 5.41) is 0.179. The molecule has 0 fully saturated rings. The van der Waals surface area contributed by atoms with Gasteiger partial charge in [-0.25, -0.2) is 0 Å². The van der Waals surface area contributed by atoms with Gasteiger partial charge < -0.3 is 10.5 Å². The summed E-state index contributed by atoms with van der Waals surface area (Å²) in [6.07, 6.45) is 0. The Morgan fingerprint density at radius 2 is 2.08 bits per heavy atom. The van der Waals surface area contributed by atoms with E-state index < -0.39 is 6.61 Å². The number of rotatable bonds is 2. The number of alkyl halides is 2. The Morgan fingerprint density at radius 3 is 2.62 bits per heavy atom. The molecule has 0 unspecified atom stereocenters. The highest BCUT2D eigenvalue weighted by atomic mass is 79.9. The second-order valence-electron chi connectivity index (χ2n) is 2.18. The predicted octanol–water partition coefficient (Wildman–Crippen LogP) is 3.29. The first kappa shape index (κ1) is 10.5. The van der Waals surface area contributed by atoms with Crippen molar-refractivity contribution < 1.29 is 13.5 Å². The summed E-state index contributed by atoms with van der Waals surface area (Å²) in [4.78, 5) is 0. The van der Waals surface area contributed by atoms with Gasteiger partial charge in [-0.05, 0) is 22.0 Å². The van der Waals surface area contributed by atoms with Crippen LogP contribution in [0.1, 0.15) is 0 Å². The molecule has 72 valence electrons. The van der Waals surface area contributed by atoms with E-state index >= 15 is 0 Å². The number of nitrogens with two attached hydrogens (primary N) is 1. The van der Waals surface area contributed by atoms with Crippen LogP contribution in [0.5, 0.6) is 5.75 Å². The topological polar surface area (TPSA) is 35.2 Å². The van der Waals surface area contributed by atoms with Crippen LogP contribution in [-0.4, -0.2) is 6.61 Å². The molecule has 0 aliphatic heterocycles. The SMILES string of the molecule is Nc1cc(Br)c(OC(F)F)cc1Cl. The molecule has 0 spiro atoms. The van der Waals surface area contributed by atoms with Crippen LogP contribution >= 0.6 is 27.5 Å². The standard InChI is InChI=1S/C7H5BrClF2NO/c8-3-1-5(12)4(9)2-6(3)13-7(10)11/h1-2,7H,12H2. The minimum absolute atomic E-state index is 0.0331. The number of ether oxygens (including phenoxy) is 1. The molecule has 2 nitrogen and oxygen atoms in total. The number of halogens is 4. The molecule has 0 saturated heterocycles. The van der Waals surface area contributed by atoms with Gasteiger partial charge in [-0.3, -0.25) is 0 Å². The zero-order valence-electron chi connectivity index (χ0n) is 6.23. The monoisotopic (exact) mass is 271 g/mol. The van der Waals surface area contributed by atoms with E-state index in [9.17, 15) is 8.78 Å². The van der Waals surface area contributed by atoms with E-state index in [-0.39, 0.29) is 10.8 Å². The summed E-state index contributed by atoms with van der Waals surface area (Å²) < 4.78 is 28.1. The summed E-state index contributed by atoms with van der Waals surface area (Å²) in [5.41, 5.74) is 5.72. The third-order valence-corrected chi connectivity index (χ3v) is 2.21. The highest BCUT2D eigenvalue weighted by Gasteiger charge is 2.10. The van der Waals surface area contributed by atoms with Crippen molar-refractivity contribution in [2.45, 2.75) is 6.61 Å². The summed E-state index contributed by atoms with van der Waals surface area (Å²) in [5.74, 6) is -0.0331. The molecule has 0 aromatic heterocycles. The lowest BCUT2D eigenvalue weighted by Gasteiger charge is -2.08. The van der Waals surface area contributed by atoms with Crippen LogP contribution in [0.2, 0.25) is 5.02 Å². The van der Waals surface area contributed by atoms with Crippen LogP contribution in [0.3, 0.4) is 0 Å². The highest BCUT2D eigenvalue weighted by Crippen LogP contribution is 2.33. The lowest BCUT2D eigenvalue weighted by atomic mass is 10.3. The van der Waals surface area contributed by atoms with Gasteiger partial charge in [0.1, 0.15) is 5.75 Å². The van der Waals surface area contributed by atoms with Crippen molar-refractivity contribution in [3.05, 3.63) is 21.6 Å². The van der Waals surface area contributed by atoms with E-state index in [0.29, 0.717) is 10.2 Å². The predicted molar refractivity (Wildman–Crippen MR) is 50.2 cm³/mol. The van der Waals surface area contributed by atoms with E-state index in [1.807, 2.05) is 0 Å². The summed E-state index contributed by atoms with van der Waals surface area (Å²) in [6, 6.07) is 2.63. The first-order valence-electron chi connectivity index (χ1n) is 3.20. The molecule has 0 amide bonds.